The van der Waals surface area contributed by atoms with Gasteiger partial charge in [0.15, 0.2) is 0 Å². The monoisotopic (exact) mass is 334 g/mol. The second-order valence-corrected chi connectivity index (χ2v) is 7.77. The van der Waals surface area contributed by atoms with E-state index in [2.05, 4.69) is 4.57 Å². The first kappa shape index (κ1) is 16.1. The number of sulfonamides is 1. The lowest BCUT2D eigenvalue weighted by Gasteiger charge is -2.36. The maximum Gasteiger partial charge on any atom is 0.215 e. The van der Waals surface area contributed by atoms with Gasteiger partial charge in [0, 0.05) is 25.0 Å². The number of benzene rings is 1. The van der Waals surface area contributed by atoms with E-state index in [9.17, 15) is 8.42 Å². The van der Waals surface area contributed by atoms with Gasteiger partial charge in [0.05, 0.1) is 18.9 Å². The van der Waals surface area contributed by atoms with Gasteiger partial charge in [-0.3, -0.25) is 0 Å². The third kappa shape index (κ3) is 3.01. The van der Waals surface area contributed by atoms with Crippen molar-refractivity contribution >= 4 is 10.0 Å². The molecule has 2 aromatic rings. The molecule has 6 heteroatoms. The molecule has 23 heavy (non-hydrogen) atoms. The summed E-state index contributed by atoms with van der Waals surface area (Å²) >= 11 is 0. The zero-order chi connectivity index (χ0) is 16.4. The number of methoxy groups -OCH3 is 1. The van der Waals surface area contributed by atoms with Crippen molar-refractivity contribution in [3.63, 3.8) is 0 Å². The average molecular weight is 334 g/mol. The molecule has 0 N–H and O–H groups in total. The Morgan fingerprint density at radius 3 is 2.57 bits per heavy atom. The first-order valence-corrected chi connectivity index (χ1v) is 9.46. The van der Waals surface area contributed by atoms with Crippen LogP contribution < -0.4 is 4.74 Å². The van der Waals surface area contributed by atoms with E-state index < -0.39 is 10.0 Å². The third-order valence-electron chi connectivity index (χ3n) is 4.24. The van der Waals surface area contributed by atoms with E-state index >= 15 is 0 Å². The van der Waals surface area contributed by atoms with Gasteiger partial charge in [-0.1, -0.05) is 19.1 Å². The van der Waals surface area contributed by atoms with E-state index in [1.807, 2.05) is 49.5 Å². The van der Waals surface area contributed by atoms with E-state index in [1.165, 1.54) is 0 Å². The van der Waals surface area contributed by atoms with Crippen molar-refractivity contribution in [2.45, 2.75) is 25.9 Å². The van der Waals surface area contributed by atoms with Crippen molar-refractivity contribution in [2.75, 3.05) is 19.4 Å². The fourth-order valence-electron chi connectivity index (χ4n) is 3.16. The molecule has 0 bridgehead atoms. The van der Waals surface area contributed by atoms with E-state index in [-0.39, 0.29) is 11.8 Å². The Kier molecular flexibility index (Phi) is 4.46. The number of nitrogens with zero attached hydrogens (tertiary/aromatic N) is 2. The van der Waals surface area contributed by atoms with E-state index in [4.69, 9.17) is 4.74 Å². The highest BCUT2D eigenvalue weighted by Crippen LogP contribution is 2.35. The molecule has 0 saturated carbocycles. The molecule has 0 amide bonds. The van der Waals surface area contributed by atoms with Crippen LogP contribution in [-0.2, 0) is 16.6 Å². The largest absolute Gasteiger partial charge is 0.497 e. The van der Waals surface area contributed by atoms with Crippen LogP contribution in [0, 0.1) is 0 Å². The third-order valence-corrected chi connectivity index (χ3v) is 6.28. The number of ether oxygens (including phenoxy) is 1. The first-order valence-electron chi connectivity index (χ1n) is 7.85. The van der Waals surface area contributed by atoms with Crippen molar-refractivity contribution < 1.29 is 13.2 Å². The summed E-state index contributed by atoms with van der Waals surface area (Å²) in [6, 6.07) is 11.3. The van der Waals surface area contributed by atoms with Crippen LogP contribution in [0.1, 0.15) is 30.6 Å². The number of hydrogen-bond acceptors (Lipinski definition) is 3. The summed E-state index contributed by atoms with van der Waals surface area (Å²) in [6.07, 6.45) is 2.63. The number of fused-ring (bicyclic) bond motifs is 1. The Bertz CT molecular complexity index is 765. The quantitative estimate of drug-likeness (QED) is 0.845. The highest BCUT2D eigenvalue weighted by Gasteiger charge is 2.35. The van der Waals surface area contributed by atoms with Crippen LogP contribution in [0.15, 0.2) is 42.6 Å². The minimum absolute atomic E-state index is 0.181. The molecule has 1 unspecified atom stereocenters. The smallest absolute Gasteiger partial charge is 0.215 e. The number of rotatable bonds is 5. The van der Waals surface area contributed by atoms with Crippen molar-refractivity contribution in [3.8, 4) is 5.75 Å². The van der Waals surface area contributed by atoms with Crippen molar-refractivity contribution in [3.05, 3.63) is 53.9 Å². The molecule has 0 radical (unpaired) electrons. The van der Waals surface area contributed by atoms with Crippen molar-refractivity contribution in [2.24, 2.45) is 0 Å². The van der Waals surface area contributed by atoms with Gasteiger partial charge in [-0.05, 0) is 36.2 Å². The number of aromatic nitrogens is 1. The Hall–Kier alpha value is -1.79. The van der Waals surface area contributed by atoms with Gasteiger partial charge >= 0.3 is 0 Å². The van der Waals surface area contributed by atoms with E-state index in [0.717, 1.165) is 17.0 Å². The lowest BCUT2D eigenvalue weighted by atomic mass is 10.0. The standard InChI is InChI=1S/C17H22N2O3S/c1-3-13-23(20,21)19-12-11-18-10-4-5-16(18)17(19)14-6-8-15(22-2)9-7-14/h4-10,17H,3,11-13H2,1-2H3. The van der Waals surface area contributed by atoms with Crippen molar-refractivity contribution in [1.29, 1.82) is 0 Å². The van der Waals surface area contributed by atoms with Gasteiger partial charge in [0.2, 0.25) is 10.0 Å². The fraction of sp³-hybridized carbons (Fsp3) is 0.412. The highest BCUT2D eigenvalue weighted by atomic mass is 32.2. The van der Waals surface area contributed by atoms with Crippen LogP contribution in [0.3, 0.4) is 0 Å². The lowest BCUT2D eigenvalue weighted by Crippen LogP contribution is -2.43. The second kappa shape index (κ2) is 6.37. The zero-order valence-corrected chi connectivity index (χ0v) is 14.3. The molecule has 3 rings (SSSR count). The maximum atomic E-state index is 12.7. The normalized spacial score (nSPS) is 18.6. The van der Waals surface area contributed by atoms with Gasteiger partial charge in [-0.2, -0.15) is 4.31 Å². The van der Waals surface area contributed by atoms with Crippen molar-refractivity contribution in [1.82, 2.24) is 8.87 Å². The molecule has 1 atom stereocenters. The van der Waals surface area contributed by atoms with Crippen LogP contribution in [0.5, 0.6) is 5.75 Å². The molecular weight excluding hydrogens is 312 g/mol. The molecule has 124 valence electrons. The van der Waals surface area contributed by atoms with Gasteiger partial charge in [0.25, 0.3) is 0 Å². The predicted octanol–water partition coefficient (Wildman–Crippen LogP) is 2.64. The maximum absolute atomic E-state index is 12.7. The van der Waals surface area contributed by atoms with E-state index in [1.54, 1.807) is 11.4 Å². The van der Waals surface area contributed by atoms with Gasteiger partial charge in [-0.25, -0.2) is 8.42 Å². The van der Waals surface area contributed by atoms with Crippen LogP contribution in [0.2, 0.25) is 0 Å². The Morgan fingerprint density at radius 1 is 1.17 bits per heavy atom. The second-order valence-electron chi connectivity index (χ2n) is 5.73. The first-order chi connectivity index (χ1) is 11.1. The Morgan fingerprint density at radius 2 is 1.91 bits per heavy atom. The van der Waals surface area contributed by atoms with Crippen LogP contribution in [-0.4, -0.2) is 36.7 Å². The van der Waals surface area contributed by atoms with Gasteiger partial charge < -0.3 is 9.30 Å². The fourth-order valence-corrected chi connectivity index (χ4v) is 4.82. The molecule has 0 saturated heterocycles. The summed E-state index contributed by atoms with van der Waals surface area (Å²) in [7, 11) is -1.65. The molecule has 0 spiro atoms. The summed E-state index contributed by atoms with van der Waals surface area (Å²) in [5.41, 5.74) is 1.98. The molecular formula is C17H22N2O3S. The lowest BCUT2D eigenvalue weighted by molar-refractivity contribution is 0.298. The predicted molar refractivity (Wildman–Crippen MR) is 90.1 cm³/mol. The molecule has 1 aromatic heterocycles. The SMILES string of the molecule is CCCS(=O)(=O)N1CCn2cccc2C1c1ccc(OC)cc1. The Labute approximate surface area is 137 Å². The van der Waals surface area contributed by atoms with Crippen LogP contribution in [0.4, 0.5) is 0 Å². The summed E-state index contributed by atoms with van der Waals surface area (Å²) in [6.45, 7) is 3.09. The molecule has 1 aliphatic heterocycles. The minimum atomic E-state index is -3.28. The average Bonchev–Trinajstić information content (AvgIpc) is 3.02. The molecule has 0 fully saturated rings. The molecule has 0 aliphatic carbocycles. The minimum Gasteiger partial charge on any atom is -0.497 e. The topological polar surface area (TPSA) is 51.5 Å². The zero-order valence-electron chi connectivity index (χ0n) is 13.5. The highest BCUT2D eigenvalue weighted by molar-refractivity contribution is 7.89. The molecule has 1 aliphatic rings. The Balaban J connectivity index is 2.06. The summed E-state index contributed by atoms with van der Waals surface area (Å²) in [5.74, 6) is 0.947. The molecule has 2 heterocycles. The summed E-state index contributed by atoms with van der Waals surface area (Å²) in [5, 5.41) is 0. The summed E-state index contributed by atoms with van der Waals surface area (Å²) < 4.78 is 34.4. The molecule has 5 nitrogen and oxygen atoms in total. The van der Waals surface area contributed by atoms with Crippen LogP contribution >= 0.6 is 0 Å². The number of hydrogen-bond donors (Lipinski definition) is 0. The summed E-state index contributed by atoms with van der Waals surface area (Å²) in [4.78, 5) is 0. The van der Waals surface area contributed by atoms with Crippen LogP contribution in [0.25, 0.3) is 0 Å². The molecule has 1 aromatic carbocycles. The van der Waals surface area contributed by atoms with E-state index in [0.29, 0.717) is 19.5 Å². The van der Waals surface area contributed by atoms with Gasteiger partial charge in [0.1, 0.15) is 5.75 Å². The van der Waals surface area contributed by atoms with Gasteiger partial charge in [-0.15, -0.1) is 0 Å².